The molecule has 0 heterocycles. The fourth-order valence-electron chi connectivity index (χ4n) is 6.39. The minimum atomic E-state index is -4.37. The Balaban J connectivity index is 4.27. The van der Waals surface area contributed by atoms with Crippen molar-refractivity contribution in [3.63, 3.8) is 0 Å². The van der Waals surface area contributed by atoms with Crippen LogP contribution in [0.4, 0.5) is 0 Å². The van der Waals surface area contributed by atoms with Gasteiger partial charge in [0.25, 0.3) is 0 Å². The van der Waals surface area contributed by atoms with Gasteiger partial charge >= 0.3 is 19.8 Å². The van der Waals surface area contributed by atoms with Gasteiger partial charge in [0.15, 0.2) is 6.10 Å². The highest BCUT2D eigenvalue weighted by atomic mass is 31.2. The fraction of sp³-hybridized carbons (Fsp3) is 0.796. The number of ether oxygens (including phenoxy) is 2. The molecule has 0 spiro atoms. The van der Waals surface area contributed by atoms with Gasteiger partial charge in [-0.1, -0.05) is 165 Å². The molecule has 0 aromatic rings. The number of rotatable bonds is 44. The van der Waals surface area contributed by atoms with Crippen molar-refractivity contribution < 1.29 is 37.6 Å². The summed E-state index contributed by atoms with van der Waals surface area (Å²) < 4.78 is 33.5. The first-order valence-corrected chi connectivity index (χ1v) is 25.4. The van der Waals surface area contributed by atoms with Crippen molar-refractivity contribution in [1.29, 1.82) is 0 Å². The van der Waals surface area contributed by atoms with E-state index in [0.717, 1.165) is 57.8 Å². The van der Waals surface area contributed by atoms with Crippen molar-refractivity contribution in [1.82, 2.24) is 4.90 Å². The topological polar surface area (TPSA) is 112 Å². The molecule has 59 heavy (non-hydrogen) atoms. The van der Waals surface area contributed by atoms with Gasteiger partial charge in [-0.2, -0.15) is 0 Å². The number of hydrogen-bond acceptors (Lipinski definition) is 8. The van der Waals surface area contributed by atoms with Crippen LogP contribution in [-0.4, -0.2) is 68.3 Å². The van der Waals surface area contributed by atoms with E-state index in [9.17, 15) is 19.0 Å². The van der Waals surface area contributed by atoms with E-state index in [0.29, 0.717) is 19.4 Å². The quantitative estimate of drug-likeness (QED) is 0.0277. The second-order valence-corrected chi connectivity index (χ2v) is 17.7. The molecule has 344 valence electrons. The highest BCUT2D eigenvalue weighted by Crippen LogP contribution is 2.43. The first-order chi connectivity index (χ1) is 28.7. The highest BCUT2D eigenvalue weighted by molar-refractivity contribution is 7.47. The fourth-order valence-corrected chi connectivity index (χ4v) is 7.14. The number of phosphoric ester groups is 1. The summed E-state index contributed by atoms with van der Waals surface area (Å²) in [6.07, 6.45) is 50.1. The van der Waals surface area contributed by atoms with E-state index < -0.39 is 32.5 Å². The van der Waals surface area contributed by atoms with Gasteiger partial charge in [-0.05, 0) is 91.1 Å². The van der Waals surface area contributed by atoms with Crippen molar-refractivity contribution in [2.75, 3.05) is 40.5 Å². The molecule has 0 aliphatic heterocycles. The molecule has 1 N–H and O–H groups in total. The zero-order valence-corrected chi connectivity index (χ0v) is 39.3. The second kappa shape index (κ2) is 44.0. The molecule has 0 amide bonds. The largest absolute Gasteiger partial charge is 0.472 e. The molecule has 0 fully saturated rings. The third-order valence-electron chi connectivity index (χ3n) is 10.1. The summed E-state index contributed by atoms with van der Waals surface area (Å²) >= 11 is 0. The standard InChI is InChI=1S/C49H90NO8P/c1-5-7-9-11-13-15-17-19-21-23-24-26-28-30-32-34-36-38-40-42-49(52)58-47(46-57-59(53,54)56-44-43-50(3)4)45-55-48(51)41-39-37-35-33-31-29-27-25-22-20-18-16-14-12-10-8-6-2/h14,16,19-22,27,29,47H,5-13,15,17-18,23-26,28,30-46H2,1-4H3,(H,53,54)/b16-14-,21-19-,22-20-,29-27-. The zero-order valence-electron chi connectivity index (χ0n) is 38.4. The summed E-state index contributed by atoms with van der Waals surface area (Å²) in [6.45, 7) is 4.28. The Hall–Kier alpha value is -2.03. The van der Waals surface area contributed by atoms with E-state index in [-0.39, 0.29) is 26.1 Å². The van der Waals surface area contributed by atoms with Crippen LogP contribution >= 0.6 is 7.82 Å². The number of carbonyl (C=O) groups excluding carboxylic acids is 2. The number of nitrogens with zero attached hydrogens (tertiary/aromatic N) is 1. The second-order valence-electron chi connectivity index (χ2n) is 16.3. The lowest BCUT2D eigenvalue weighted by atomic mass is 10.1. The Bertz CT molecular complexity index is 1120. The third kappa shape index (κ3) is 45.3. The molecule has 9 nitrogen and oxygen atoms in total. The van der Waals surface area contributed by atoms with E-state index in [1.165, 1.54) is 109 Å². The van der Waals surface area contributed by atoms with Crippen LogP contribution in [0, 0.1) is 0 Å². The lowest BCUT2D eigenvalue weighted by molar-refractivity contribution is -0.161. The Kier molecular flexibility index (Phi) is 42.5. The molecule has 0 aromatic heterocycles. The van der Waals surface area contributed by atoms with Gasteiger partial charge in [-0.3, -0.25) is 18.6 Å². The molecule has 10 heteroatoms. The maximum atomic E-state index is 12.7. The molecule has 2 atom stereocenters. The average Bonchev–Trinajstić information content (AvgIpc) is 3.20. The predicted octanol–water partition coefficient (Wildman–Crippen LogP) is 14.1. The first-order valence-electron chi connectivity index (χ1n) is 23.9. The zero-order chi connectivity index (χ0) is 43.3. The molecular weight excluding hydrogens is 762 g/mol. The number of phosphoric acid groups is 1. The molecule has 2 unspecified atom stereocenters. The Morgan fingerprint density at radius 1 is 0.525 bits per heavy atom. The number of esters is 2. The minimum Gasteiger partial charge on any atom is -0.462 e. The minimum absolute atomic E-state index is 0.00219. The first kappa shape index (κ1) is 57.0. The van der Waals surface area contributed by atoms with Crippen molar-refractivity contribution in [2.24, 2.45) is 0 Å². The summed E-state index contributed by atoms with van der Waals surface area (Å²) in [7, 11) is -0.725. The van der Waals surface area contributed by atoms with Crippen molar-refractivity contribution in [2.45, 2.75) is 213 Å². The molecule has 0 aromatic carbocycles. The van der Waals surface area contributed by atoms with Crippen LogP contribution in [0.2, 0.25) is 0 Å². The summed E-state index contributed by atoms with van der Waals surface area (Å²) in [6, 6.07) is 0. The van der Waals surface area contributed by atoms with Crippen molar-refractivity contribution in [3.8, 4) is 0 Å². The summed E-state index contributed by atoms with van der Waals surface area (Å²) in [4.78, 5) is 37.1. The predicted molar refractivity (Wildman–Crippen MR) is 248 cm³/mol. The van der Waals surface area contributed by atoms with Gasteiger partial charge in [-0.25, -0.2) is 4.57 Å². The monoisotopic (exact) mass is 852 g/mol. The molecule has 0 aliphatic carbocycles. The van der Waals surface area contributed by atoms with E-state index in [4.69, 9.17) is 18.5 Å². The third-order valence-corrected chi connectivity index (χ3v) is 11.1. The number of allylic oxidation sites excluding steroid dienone is 8. The highest BCUT2D eigenvalue weighted by Gasteiger charge is 2.26. The molecule has 0 saturated carbocycles. The van der Waals surface area contributed by atoms with E-state index in [2.05, 4.69) is 62.5 Å². The van der Waals surface area contributed by atoms with Gasteiger partial charge in [0, 0.05) is 19.4 Å². The summed E-state index contributed by atoms with van der Waals surface area (Å²) in [5.74, 6) is -0.828. The maximum absolute atomic E-state index is 12.7. The van der Waals surface area contributed by atoms with Crippen molar-refractivity contribution >= 4 is 19.8 Å². The van der Waals surface area contributed by atoms with Crippen LogP contribution in [0.1, 0.15) is 206 Å². The van der Waals surface area contributed by atoms with Gasteiger partial charge in [0.2, 0.25) is 0 Å². The Morgan fingerprint density at radius 2 is 0.915 bits per heavy atom. The molecular formula is C49H90NO8P. The maximum Gasteiger partial charge on any atom is 0.472 e. The van der Waals surface area contributed by atoms with Gasteiger partial charge in [0.05, 0.1) is 13.2 Å². The number of carbonyl (C=O) groups is 2. The van der Waals surface area contributed by atoms with Crippen LogP contribution in [0.25, 0.3) is 0 Å². The van der Waals surface area contributed by atoms with E-state index >= 15 is 0 Å². The molecule has 0 radical (unpaired) electrons. The van der Waals surface area contributed by atoms with Gasteiger partial charge in [0.1, 0.15) is 6.61 Å². The van der Waals surface area contributed by atoms with E-state index in [1.54, 1.807) is 0 Å². The Labute approximate surface area is 362 Å². The van der Waals surface area contributed by atoms with E-state index in [1.807, 2.05) is 19.0 Å². The smallest absolute Gasteiger partial charge is 0.462 e. The summed E-state index contributed by atoms with van der Waals surface area (Å²) in [5, 5.41) is 0. The van der Waals surface area contributed by atoms with Crippen LogP contribution in [0.15, 0.2) is 48.6 Å². The van der Waals surface area contributed by atoms with Crippen LogP contribution in [0.5, 0.6) is 0 Å². The van der Waals surface area contributed by atoms with Gasteiger partial charge in [-0.15, -0.1) is 0 Å². The number of hydrogen-bond donors (Lipinski definition) is 1. The molecule has 0 aliphatic rings. The van der Waals surface area contributed by atoms with Crippen molar-refractivity contribution in [3.05, 3.63) is 48.6 Å². The molecule has 0 rings (SSSR count). The molecule has 0 saturated heterocycles. The van der Waals surface area contributed by atoms with Crippen LogP contribution in [-0.2, 0) is 32.7 Å². The lowest BCUT2D eigenvalue weighted by Gasteiger charge is -2.20. The average molecular weight is 852 g/mol. The van der Waals surface area contributed by atoms with Crippen LogP contribution < -0.4 is 0 Å². The van der Waals surface area contributed by atoms with Crippen LogP contribution in [0.3, 0.4) is 0 Å². The number of unbranched alkanes of at least 4 members (excludes halogenated alkanes) is 22. The number of likely N-dealkylation sites (N-methyl/N-ethyl adjacent to an activating group) is 1. The molecule has 0 bridgehead atoms. The summed E-state index contributed by atoms with van der Waals surface area (Å²) in [5.41, 5.74) is 0. The normalized spacial score (nSPS) is 13.7. The SMILES string of the molecule is CCCCC/C=C\C/C=C\C/C=C\CCCCCCC(=O)OCC(COP(=O)(O)OCCN(C)C)OC(=O)CCCCCCCCCCC/C=C\CCCCCCCC. The Morgan fingerprint density at radius 3 is 1.41 bits per heavy atom. The lowest BCUT2D eigenvalue weighted by Crippen LogP contribution is -2.29. The van der Waals surface area contributed by atoms with Gasteiger partial charge < -0.3 is 19.3 Å².